The van der Waals surface area contributed by atoms with Crippen molar-refractivity contribution >= 4 is 5.97 Å². The summed E-state index contributed by atoms with van der Waals surface area (Å²) in [5.74, 6) is -0.0619. The molecular formula is C18H38N2O2. The fourth-order valence-electron chi connectivity index (χ4n) is 2.79. The maximum absolute atomic E-state index is 12.8. The van der Waals surface area contributed by atoms with Gasteiger partial charge < -0.3 is 15.8 Å². The van der Waals surface area contributed by atoms with Crippen LogP contribution in [0, 0.1) is 16.2 Å². The van der Waals surface area contributed by atoms with Gasteiger partial charge in [-0.3, -0.25) is 4.79 Å². The third kappa shape index (κ3) is 6.66. The zero-order valence-corrected chi connectivity index (χ0v) is 15.8. The van der Waals surface area contributed by atoms with E-state index < -0.39 is 5.41 Å². The van der Waals surface area contributed by atoms with Crippen LogP contribution < -0.4 is 11.1 Å². The summed E-state index contributed by atoms with van der Waals surface area (Å²) < 4.78 is 5.61. The summed E-state index contributed by atoms with van der Waals surface area (Å²) in [4.78, 5) is 12.8. The predicted molar refractivity (Wildman–Crippen MR) is 93.8 cm³/mol. The van der Waals surface area contributed by atoms with Gasteiger partial charge in [-0.2, -0.15) is 0 Å². The van der Waals surface area contributed by atoms with Crippen LogP contribution in [0.5, 0.6) is 0 Å². The van der Waals surface area contributed by atoms with Crippen molar-refractivity contribution in [2.75, 3.05) is 26.2 Å². The lowest BCUT2D eigenvalue weighted by atomic mass is 9.59. The zero-order chi connectivity index (χ0) is 17.4. The van der Waals surface area contributed by atoms with Gasteiger partial charge in [0.15, 0.2) is 0 Å². The fraction of sp³-hybridized carbons (Fsp3) is 0.944. The first-order valence-corrected chi connectivity index (χ1v) is 8.58. The molecule has 4 nitrogen and oxygen atoms in total. The van der Waals surface area contributed by atoms with Crippen LogP contribution in [0.15, 0.2) is 0 Å². The van der Waals surface area contributed by atoms with Crippen LogP contribution in [0.25, 0.3) is 0 Å². The number of hydrogen-bond donors (Lipinski definition) is 2. The SMILES string of the molecule is CCC(C)(C)C(C)(CC(C)(C)C)C(=O)OCCCNCCN. The van der Waals surface area contributed by atoms with Gasteiger partial charge in [-0.25, -0.2) is 0 Å². The first-order valence-electron chi connectivity index (χ1n) is 8.58. The monoisotopic (exact) mass is 314 g/mol. The van der Waals surface area contributed by atoms with Crippen molar-refractivity contribution in [2.24, 2.45) is 22.0 Å². The maximum atomic E-state index is 12.8. The van der Waals surface area contributed by atoms with Crippen LogP contribution in [0.4, 0.5) is 0 Å². The molecule has 3 N–H and O–H groups in total. The predicted octanol–water partition coefficient (Wildman–Crippen LogP) is 3.35. The molecule has 0 aromatic carbocycles. The standard InChI is InChI=1S/C18H38N2O2/c1-8-17(5,6)18(7,14-16(2,3)4)15(21)22-13-9-11-20-12-10-19/h20H,8-14,19H2,1-7H3. The molecule has 132 valence electrons. The highest BCUT2D eigenvalue weighted by molar-refractivity contribution is 5.77. The lowest BCUT2D eigenvalue weighted by Crippen LogP contribution is -2.45. The molecule has 0 fully saturated rings. The van der Waals surface area contributed by atoms with E-state index in [0.29, 0.717) is 13.2 Å². The van der Waals surface area contributed by atoms with Crippen molar-refractivity contribution in [1.82, 2.24) is 5.32 Å². The zero-order valence-electron chi connectivity index (χ0n) is 15.8. The van der Waals surface area contributed by atoms with E-state index in [1.54, 1.807) is 0 Å². The van der Waals surface area contributed by atoms with Gasteiger partial charge in [0.1, 0.15) is 0 Å². The molecule has 0 aliphatic rings. The summed E-state index contributed by atoms with van der Waals surface area (Å²) >= 11 is 0. The van der Waals surface area contributed by atoms with Crippen LogP contribution in [-0.4, -0.2) is 32.2 Å². The molecule has 0 aliphatic carbocycles. The van der Waals surface area contributed by atoms with Crippen molar-refractivity contribution in [3.8, 4) is 0 Å². The van der Waals surface area contributed by atoms with Gasteiger partial charge in [0, 0.05) is 13.1 Å². The number of esters is 1. The molecule has 4 heteroatoms. The second-order valence-electron chi connectivity index (χ2n) is 8.34. The van der Waals surface area contributed by atoms with E-state index >= 15 is 0 Å². The molecule has 0 saturated carbocycles. The normalized spacial score (nSPS) is 15.5. The minimum absolute atomic E-state index is 0.0619. The minimum atomic E-state index is -0.468. The number of hydrogen-bond acceptors (Lipinski definition) is 4. The van der Waals surface area contributed by atoms with E-state index in [2.05, 4.69) is 53.8 Å². The van der Waals surface area contributed by atoms with Crippen molar-refractivity contribution in [1.29, 1.82) is 0 Å². The van der Waals surface area contributed by atoms with E-state index in [1.807, 2.05) is 0 Å². The van der Waals surface area contributed by atoms with Crippen LogP contribution in [-0.2, 0) is 9.53 Å². The van der Waals surface area contributed by atoms with Gasteiger partial charge >= 0.3 is 5.97 Å². The summed E-state index contributed by atoms with van der Waals surface area (Å²) in [5, 5.41) is 3.21. The van der Waals surface area contributed by atoms with Crippen molar-refractivity contribution in [3.63, 3.8) is 0 Å². The highest BCUT2D eigenvalue weighted by atomic mass is 16.5. The summed E-state index contributed by atoms with van der Waals surface area (Å²) in [6, 6.07) is 0. The lowest BCUT2D eigenvalue weighted by molar-refractivity contribution is -0.166. The third-order valence-electron chi connectivity index (χ3n) is 4.76. The van der Waals surface area contributed by atoms with Gasteiger partial charge in [0.2, 0.25) is 0 Å². The number of nitrogens with two attached hydrogens (primary N) is 1. The highest BCUT2D eigenvalue weighted by Crippen LogP contribution is 2.49. The van der Waals surface area contributed by atoms with Crippen LogP contribution in [0.1, 0.15) is 67.7 Å². The second-order valence-corrected chi connectivity index (χ2v) is 8.34. The molecule has 0 amide bonds. The Balaban J connectivity index is 4.72. The average molecular weight is 315 g/mol. The Kier molecular flexibility index (Phi) is 8.63. The minimum Gasteiger partial charge on any atom is -0.465 e. The van der Waals surface area contributed by atoms with Crippen molar-refractivity contribution in [3.05, 3.63) is 0 Å². The Bertz CT molecular complexity index is 334. The maximum Gasteiger partial charge on any atom is 0.312 e. The number of carbonyl (C=O) groups excluding carboxylic acids is 1. The highest BCUT2D eigenvalue weighted by Gasteiger charge is 2.49. The molecular weight excluding hydrogens is 276 g/mol. The van der Waals surface area contributed by atoms with E-state index in [9.17, 15) is 4.79 Å². The van der Waals surface area contributed by atoms with Crippen LogP contribution >= 0.6 is 0 Å². The Labute approximate surface area is 137 Å². The molecule has 0 spiro atoms. The topological polar surface area (TPSA) is 64.3 Å². The van der Waals surface area contributed by atoms with Gasteiger partial charge in [-0.05, 0) is 43.6 Å². The molecule has 0 aromatic rings. The fourth-order valence-corrected chi connectivity index (χ4v) is 2.79. The first kappa shape index (κ1) is 21.4. The number of ether oxygens (including phenoxy) is 1. The number of carbonyl (C=O) groups is 1. The van der Waals surface area contributed by atoms with Crippen molar-refractivity contribution < 1.29 is 9.53 Å². The van der Waals surface area contributed by atoms with Crippen molar-refractivity contribution in [2.45, 2.75) is 67.7 Å². The lowest BCUT2D eigenvalue weighted by Gasteiger charge is -2.45. The van der Waals surface area contributed by atoms with Crippen LogP contribution in [0.2, 0.25) is 0 Å². The molecule has 0 heterocycles. The summed E-state index contributed by atoms with van der Waals surface area (Å²) in [7, 11) is 0. The molecule has 0 saturated heterocycles. The van der Waals surface area contributed by atoms with Gasteiger partial charge in [-0.15, -0.1) is 0 Å². The van der Waals surface area contributed by atoms with E-state index in [-0.39, 0.29) is 16.8 Å². The third-order valence-corrected chi connectivity index (χ3v) is 4.76. The number of rotatable bonds is 10. The van der Waals surface area contributed by atoms with Gasteiger partial charge in [0.25, 0.3) is 0 Å². The molecule has 1 unspecified atom stereocenters. The molecule has 0 radical (unpaired) electrons. The van der Waals surface area contributed by atoms with Crippen LogP contribution in [0.3, 0.4) is 0 Å². The van der Waals surface area contributed by atoms with Gasteiger partial charge in [-0.1, -0.05) is 41.5 Å². The first-order chi connectivity index (χ1) is 10.00. The Morgan fingerprint density at radius 2 is 1.68 bits per heavy atom. The molecule has 0 aromatic heterocycles. The molecule has 0 rings (SSSR count). The summed E-state index contributed by atoms with van der Waals surface area (Å²) in [6.45, 7) is 17.8. The summed E-state index contributed by atoms with van der Waals surface area (Å²) in [5.41, 5.74) is 4.95. The molecule has 0 bridgehead atoms. The van der Waals surface area contributed by atoms with E-state index in [0.717, 1.165) is 32.4 Å². The Morgan fingerprint density at radius 1 is 1.09 bits per heavy atom. The molecule has 22 heavy (non-hydrogen) atoms. The average Bonchev–Trinajstić information content (AvgIpc) is 2.40. The largest absolute Gasteiger partial charge is 0.465 e. The number of nitrogens with one attached hydrogen (secondary N) is 1. The second kappa shape index (κ2) is 8.88. The molecule has 0 aliphatic heterocycles. The summed E-state index contributed by atoms with van der Waals surface area (Å²) in [6.07, 6.45) is 2.60. The Hall–Kier alpha value is -0.610. The van der Waals surface area contributed by atoms with E-state index in [4.69, 9.17) is 10.5 Å². The smallest absolute Gasteiger partial charge is 0.312 e. The Morgan fingerprint density at radius 3 is 2.14 bits per heavy atom. The quantitative estimate of drug-likeness (QED) is 0.479. The van der Waals surface area contributed by atoms with E-state index in [1.165, 1.54) is 0 Å². The molecule has 1 atom stereocenters. The van der Waals surface area contributed by atoms with Gasteiger partial charge in [0.05, 0.1) is 12.0 Å².